The number of aryl methyl sites for hydroxylation is 1. The molecular weight excluding hydrogens is 340 g/mol. The fourth-order valence-electron chi connectivity index (χ4n) is 1.83. The SMILES string of the molecule is C=CC(=O)Nc1cc(C)cc(-n2ncc(Br)c2[N+](=O)[O-])c1. The third kappa shape index (κ3) is 3.16. The summed E-state index contributed by atoms with van der Waals surface area (Å²) in [5.74, 6) is -0.538. The molecule has 8 heteroatoms. The van der Waals surface area contributed by atoms with E-state index in [1.54, 1.807) is 18.2 Å². The maximum absolute atomic E-state index is 11.4. The molecule has 0 aliphatic rings. The molecule has 2 rings (SSSR count). The van der Waals surface area contributed by atoms with Gasteiger partial charge in [0.2, 0.25) is 5.91 Å². The van der Waals surface area contributed by atoms with Crippen LogP contribution in [0, 0.1) is 17.0 Å². The molecule has 0 bridgehead atoms. The number of aromatic nitrogens is 2. The van der Waals surface area contributed by atoms with E-state index >= 15 is 0 Å². The summed E-state index contributed by atoms with van der Waals surface area (Å²) in [6, 6.07) is 5.08. The van der Waals surface area contributed by atoms with Crippen molar-refractivity contribution in [2.75, 3.05) is 5.32 Å². The van der Waals surface area contributed by atoms with Gasteiger partial charge in [0.25, 0.3) is 0 Å². The highest BCUT2D eigenvalue weighted by atomic mass is 79.9. The molecule has 7 nitrogen and oxygen atoms in total. The Bertz CT molecular complexity index is 739. The number of carbonyl (C=O) groups is 1. The van der Waals surface area contributed by atoms with Gasteiger partial charge in [-0.05, 0) is 51.5 Å². The van der Waals surface area contributed by atoms with Crippen LogP contribution in [0.15, 0.2) is 41.5 Å². The van der Waals surface area contributed by atoms with Crippen molar-refractivity contribution in [1.82, 2.24) is 9.78 Å². The Morgan fingerprint density at radius 1 is 1.52 bits per heavy atom. The lowest BCUT2D eigenvalue weighted by Gasteiger charge is -2.06. The van der Waals surface area contributed by atoms with Crippen molar-refractivity contribution in [3.63, 3.8) is 0 Å². The molecule has 1 N–H and O–H groups in total. The van der Waals surface area contributed by atoms with Gasteiger partial charge in [0.1, 0.15) is 4.47 Å². The van der Waals surface area contributed by atoms with Crippen molar-refractivity contribution >= 4 is 33.3 Å². The lowest BCUT2D eigenvalue weighted by Crippen LogP contribution is -2.09. The molecule has 1 aromatic carbocycles. The molecule has 0 atom stereocenters. The maximum atomic E-state index is 11.4. The van der Waals surface area contributed by atoms with Crippen LogP contribution in [0.3, 0.4) is 0 Å². The number of nitro groups is 1. The summed E-state index contributed by atoms with van der Waals surface area (Å²) in [5, 5.41) is 17.7. The van der Waals surface area contributed by atoms with Crippen LogP contribution < -0.4 is 5.32 Å². The number of hydrogen-bond donors (Lipinski definition) is 1. The average molecular weight is 351 g/mol. The number of nitrogens with zero attached hydrogens (tertiary/aromatic N) is 3. The van der Waals surface area contributed by atoms with E-state index in [1.807, 2.05) is 6.92 Å². The van der Waals surface area contributed by atoms with Crippen LogP contribution in [0.25, 0.3) is 5.69 Å². The zero-order valence-corrected chi connectivity index (χ0v) is 12.6. The van der Waals surface area contributed by atoms with E-state index in [2.05, 4.69) is 32.9 Å². The average Bonchev–Trinajstić information content (AvgIpc) is 2.80. The molecule has 108 valence electrons. The van der Waals surface area contributed by atoms with Gasteiger partial charge in [-0.2, -0.15) is 0 Å². The molecule has 0 radical (unpaired) electrons. The zero-order chi connectivity index (χ0) is 15.6. The van der Waals surface area contributed by atoms with Crippen molar-refractivity contribution in [3.8, 4) is 5.69 Å². The Kier molecular flexibility index (Phi) is 4.18. The first-order valence-corrected chi connectivity index (χ1v) is 6.65. The van der Waals surface area contributed by atoms with Crippen molar-refractivity contribution in [2.24, 2.45) is 0 Å². The minimum absolute atomic E-state index is 0.179. The molecule has 1 heterocycles. The molecule has 0 saturated carbocycles. The summed E-state index contributed by atoms with van der Waals surface area (Å²) < 4.78 is 1.48. The summed E-state index contributed by atoms with van der Waals surface area (Å²) in [6.07, 6.45) is 2.50. The van der Waals surface area contributed by atoms with Gasteiger partial charge in [-0.3, -0.25) is 4.79 Å². The van der Waals surface area contributed by atoms with E-state index in [-0.39, 0.29) is 16.2 Å². The number of halogens is 1. The monoisotopic (exact) mass is 350 g/mol. The van der Waals surface area contributed by atoms with Crippen LogP contribution in [0.2, 0.25) is 0 Å². The summed E-state index contributed by atoms with van der Waals surface area (Å²) in [7, 11) is 0. The van der Waals surface area contributed by atoms with Crippen LogP contribution >= 0.6 is 15.9 Å². The first-order valence-electron chi connectivity index (χ1n) is 5.85. The van der Waals surface area contributed by atoms with Gasteiger partial charge in [0, 0.05) is 11.8 Å². The highest BCUT2D eigenvalue weighted by molar-refractivity contribution is 9.10. The van der Waals surface area contributed by atoms with Crippen molar-refractivity contribution < 1.29 is 9.72 Å². The smallest absolute Gasteiger partial charge is 0.358 e. The fraction of sp³-hybridized carbons (Fsp3) is 0.0769. The summed E-state index contributed by atoms with van der Waals surface area (Å²) in [6.45, 7) is 5.19. The largest absolute Gasteiger partial charge is 0.364 e. The van der Waals surface area contributed by atoms with Crippen molar-refractivity contribution in [3.05, 3.63) is 57.2 Å². The van der Waals surface area contributed by atoms with Gasteiger partial charge < -0.3 is 15.4 Å². The maximum Gasteiger partial charge on any atom is 0.364 e. The van der Waals surface area contributed by atoms with Gasteiger partial charge >= 0.3 is 5.82 Å². The normalized spacial score (nSPS) is 10.2. The van der Waals surface area contributed by atoms with Crippen molar-refractivity contribution in [1.29, 1.82) is 0 Å². The molecule has 2 aromatic rings. The lowest BCUT2D eigenvalue weighted by molar-refractivity contribution is -0.392. The Hall–Kier alpha value is -2.48. The Morgan fingerprint density at radius 2 is 2.24 bits per heavy atom. The summed E-state index contributed by atoms with van der Waals surface area (Å²) in [5.41, 5.74) is 1.82. The highest BCUT2D eigenvalue weighted by Crippen LogP contribution is 2.28. The van der Waals surface area contributed by atoms with Crippen LogP contribution in [0.4, 0.5) is 11.5 Å². The quantitative estimate of drug-likeness (QED) is 0.521. The number of nitrogens with one attached hydrogen (secondary N) is 1. The van der Waals surface area contributed by atoms with Crippen LogP contribution in [0.5, 0.6) is 0 Å². The molecule has 21 heavy (non-hydrogen) atoms. The molecule has 1 amide bonds. The van der Waals surface area contributed by atoms with E-state index in [0.717, 1.165) is 11.6 Å². The predicted molar refractivity (Wildman–Crippen MR) is 81.5 cm³/mol. The van der Waals surface area contributed by atoms with Gasteiger partial charge in [0.15, 0.2) is 5.69 Å². The third-order valence-corrected chi connectivity index (χ3v) is 3.19. The second kappa shape index (κ2) is 5.88. The molecule has 0 aliphatic carbocycles. The first kappa shape index (κ1) is 14.9. The Balaban J connectivity index is 2.52. The van der Waals surface area contributed by atoms with E-state index in [4.69, 9.17) is 0 Å². The lowest BCUT2D eigenvalue weighted by atomic mass is 10.2. The van der Waals surface area contributed by atoms with Gasteiger partial charge in [-0.15, -0.1) is 0 Å². The highest BCUT2D eigenvalue weighted by Gasteiger charge is 2.22. The second-order valence-electron chi connectivity index (χ2n) is 4.24. The second-order valence-corrected chi connectivity index (χ2v) is 5.09. The number of rotatable bonds is 4. The summed E-state index contributed by atoms with van der Waals surface area (Å²) >= 11 is 3.10. The van der Waals surface area contributed by atoms with E-state index in [1.165, 1.54) is 10.9 Å². The van der Waals surface area contributed by atoms with Crippen LogP contribution in [-0.4, -0.2) is 20.6 Å². The number of anilines is 1. The molecule has 0 aliphatic heterocycles. The van der Waals surface area contributed by atoms with Crippen LogP contribution in [0.1, 0.15) is 5.56 Å². The topological polar surface area (TPSA) is 90.1 Å². The van der Waals surface area contributed by atoms with Gasteiger partial charge in [-0.25, -0.2) is 0 Å². The minimum Gasteiger partial charge on any atom is -0.358 e. The third-order valence-electron chi connectivity index (χ3n) is 2.63. The Labute approximate surface area is 128 Å². The number of carbonyl (C=O) groups excluding carboxylic acids is 1. The number of hydrogen-bond acceptors (Lipinski definition) is 4. The first-order chi connectivity index (χ1) is 9.92. The van der Waals surface area contributed by atoms with E-state index in [0.29, 0.717) is 11.4 Å². The minimum atomic E-state index is -0.526. The zero-order valence-electron chi connectivity index (χ0n) is 11.0. The number of benzene rings is 1. The van der Waals surface area contributed by atoms with Gasteiger partial charge in [0.05, 0.1) is 6.20 Å². The number of amides is 1. The molecule has 0 saturated heterocycles. The van der Waals surface area contributed by atoms with Crippen molar-refractivity contribution in [2.45, 2.75) is 6.92 Å². The van der Waals surface area contributed by atoms with Crippen LogP contribution in [-0.2, 0) is 4.79 Å². The molecule has 1 aromatic heterocycles. The summed E-state index contributed by atoms with van der Waals surface area (Å²) in [4.78, 5) is 21.9. The van der Waals surface area contributed by atoms with E-state index in [9.17, 15) is 14.9 Å². The fourth-order valence-corrected chi connectivity index (χ4v) is 2.23. The molecule has 0 unspecified atom stereocenters. The predicted octanol–water partition coefficient (Wildman–Crippen LogP) is 2.98. The van der Waals surface area contributed by atoms with E-state index < -0.39 is 4.92 Å². The van der Waals surface area contributed by atoms with Gasteiger partial charge in [-0.1, -0.05) is 16.4 Å². The molecular formula is C13H11BrN4O3. The standard InChI is InChI=1S/C13H11BrN4O3/c1-3-12(19)16-9-4-8(2)5-10(6-9)17-13(18(20)21)11(14)7-15-17/h3-7H,1H2,2H3,(H,16,19). The molecule has 0 spiro atoms. The Morgan fingerprint density at radius 3 is 2.86 bits per heavy atom. The molecule has 0 fully saturated rings.